The van der Waals surface area contributed by atoms with Crippen molar-refractivity contribution in [2.75, 3.05) is 0 Å². The van der Waals surface area contributed by atoms with Gasteiger partial charge in [-0.3, -0.25) is 0 Å². The van der Waals surface area contributed by atoms with Gasteiger partial charge in [-0.15, -0.1) is 0 Å². The fourth-order valence-corrected chi connectivity index (χ4v) is 22.2. The van der Waals surface area contributed by atoms with Gasteiger partial charge in [0.05, 0.1) is 0 Å². The van der Waals surface area contributed by atoms with Gasteiger partial charge in [0.2, 0.25) is 0 Å². The maximum atomic E-state index is 16.1. The van der Waals surface area contributed by atoms with E-state index in [0.29, 0.717) is 11.6 Å². The zero-order chi connectivity index (χ0) is 38.4. The third-order valence-electron chi connectivity index (χ3n) is 9.34. The van der Waals surface area contributed by atoms with Crippen molar-refractivity contribution in [2.45, 2.75) is 59.8 Å². The minimum Gasteiger partial charge on any atom is 1.00 e. The molecule has 0 aliphatic carbocycles. The van der Waals surface area contributed by atoms with E-state index in [1.165, 1.54) is 91.0 Å². The summed E-state index contributed by atoms with van der Waals surface area (Å²) < 4.78 is 135. The van der Waals surface area contributed by atoms with E-state index in [1.807, 2.05) is 20.8 Å². The topological polar surface area (TPSA) is 40.5 Å². The summed E-state index contributed by atoms with van der Waals surface area (Å²) in [5.41, 5.74) is -11.8. The van der Waals surface area contributed by atoms with E-state index in [0.717, 1.165) is 30.3 Å². The second-order valence-electron chi connectivity index (χ2n) is 13.5. The molecule has 0 radical (unpaired) electrons. The van der Waals surface area contributed by atoms with Gasteiger partial charge < -0.3 is 0 Å². The van der Waals surface area contributed by atoms with Crippen molar-refractivity contribution in [1.29, 1.82) is 0 Å². The molecule has 3 atom stereocenters. The molecule has 0 bridgehead atoms. The van der Waals surface area contributed by atoms with E-state index in [2.05, 4.69) is 0 Å². The van der Waals surface area contributed by atoms with Crippen LogP contribution >= 0.6 is 0 Å². The summed E-state index contributed by atoms with van der Waals surface area (Å²) in [6, 6.07) is 29.4. The first-order valence-corrected chi connectivity index (χ1v) is 21.3. The second-order valence-corrected chi connectivity index (χ2v) is 23.4. The molecule has 13 heteroatoms. The molecule has 5 aromatic carbocycles. The molecular formula is C40H35F9LiO2Sb. The van der Waals surface area contributed by atoms with Crippen LogP contribution < -0.4 is 29.4 Å². The Morgan fingerprint density at radius 2 is 0.887 bits per heavy atom. The average Bonchev–Trinajstić information content (AvgIpc) is 3.09. The number of hydrogen-bond acceptors (Lipinski definition) is 2. The SMILES string of the molecule is CC(C)(C)c1cc[c]([Sb-]([c]2ccccc2)([c]2ccccc2C(O)(C(F)(F)F)C(F)(F)F)[C@@H](c2ccccc2)[C@](O)(c2ccccc2)C(F)(F)F)cc1.[Li+]. The van der Waals surface area contributed by atoms with Crippen LogP contribution in [-0.2, 0) is 16.6 Å². The van der Waals surface area contributed by atoms with Gasteiger partial charge in [0.15, 0.2) is 0 Å². The van der Waals surface area contributed by atoms with E-state index in [4.69, 9.17) is 0 Å². The van der Waals surface area contributed by atoms with Crippen LogP contribution in [-0.4, -0.2) is 47.5 Å². The van der Waals surface area contributed by atoms with Gasteiger partial charge in [0, 0.05) is 0 Å². The smallest absolute Gasteiger partial charge is 1.00 e. The Kier molecular flexibility index (Phi) is 12.2. The minimum absolute atomic E-state index is 0. The minimum atomic E-state index is -6.37. The number of benzene rings is 5. The monoisotopic (exact) mass is 846 g/mol. The fraction of sp³-hybridized carbons (Fsp3) is 0.250. The Morgan fingerprint density at radius 1 is 0.472 bits per heavy atom. The molecule has 276 valence electrons. The summed E-state index contributed by atoms with van der Waals surface area (Å²) in [6.07, 6.45) is -18.3. The first-order valence-electron chi connectivity index (χ1n) is 16.0. The van der Waals surface area contributed by atoms with Crippen molar-refractivity contribution in [3.8, 4) is 0 Å². The van der Waals surface area contributed by atoms with Crippen LogP contribution in [0.2, 0.25) is 0 Å². The van der Waals surface area contributed by atoms with Crippen LogP contribution in [0.4, 0.5) is 39.5 Å². The summed E-state index contributed by atoms with van der Waals surface area (Å²) in [7, 11) is 0. The van der Waals surface area contributed by atoms with E-state index in [-0.39, 0.29) is 31.4 Å². The normalized spacial score (nSPS) is 16.4. The molecule has 2 nitrogen and oxygen atoms in total. The third kappa shape index (κ3) is 7.33. The molecule has 5 aromatic rings. The molecule has 0 amide bonds. The zero-order valence-corrected chi connectivity index (χ0v) is 31.7. The van der Waals surface area contributed by atoms with Crippen LogP contribution in [0, 0.1) is 0 Å². The molecule has 0 saturated carbocycles. The number of hydrogen-bond donors (Lipinski definition) is 2. The van der Waals surface area contributed by atoms with Crippen molar-refractivity contribution in [3.63, 3.8) is 0 Å². The standard InChI is InChI=1S/C15H12F3O.C10H13.C9H5F6O.C6H5.Li.Sb/c16-15(17,18)14(19,13-9-5-2-6-10-13)11-12-7-3-1-4-8-12;1-10(2,3)9-7-5-4-6-8-9;10-8(11,12)7(16,9(13,14)15)6-4-2-1-3-5-6;1-2-4-6-5-3-1;;/h1-11,19H;5-8H,1-3H3;1-4,16H;1-5H;;/q;;;;+1;-1/t14-;;;;;/m0...../s1. The van der Waals surface area contributed by atoms with Crippen LogP contribution in [0.1, 0.15) is 46.9 Å². The first-order chi connectivity index (χ1) is 24.1. The van der Waals surface area contributed by atoms with Crippen LogP contribution in [0.25, 0.3) is 0 Å². The third-order valence-corrected chi connectivity index (χ3v) is 23.1. The Morgan fingerprint density at radius 3 is 1.34 bits per heavy atom. The largest absolute Gasteiger partial charge is 1.00 e. The van der Waals surface area contributed by atoms with Crippen molar-refractivity contribution in [3.05, 3.63) is 162 Å². The maximum absolute atomic E-state index is 16.1. The Labute approximate surface area is 317 Å². The molecule has 2 N–H and O–H groups in total. The van der Waals surface area contributed by atoms with Gasteiger partial charge in [-0.2, -0.15) is 0 Å². The van der Waals surface area contributed by atoms with Gasteiger partial charge >= 0.3 is 319 Å². The van der Waals surface area contributed by atoms with E-state index in [1.54, 1.807) is 12.1 Å². The van der Waals surface area contributed by atoms with Crippen LogP contribution in [0.15, 0.2) is 140 Å². The molecule has 0 aromatic heterocycles. The number of aliphatic hydroxyl groups is 2. The average molecular weight is 847 g/mol. The molecular weight excluding hydrogens is 812 g/mol. The predicted octanol–water partition coefficient (Wildman–Crippen LogP) is 5.54. The van der Waals surface area contributed by atoms with Crippen LogP contribution in [0.5, 0.6) is 0 Å². The molecule has 0 spiro atoms. The van der Waals surface area contributed by atoms with Gasteiger partial charge in [-0.05, 0) is 0 Å². The zero-order valence-electron chi connectivity index (χ0n) is 29.1. The summed E-state index contributed by atoms with van der Waals surface area (Å²) in [5, 5.41) is 23.7. The Balaban J connectivity index is 0.00000627. The molecule has 5 rings (SSSR count). The van der Waals surface area contributed by atoms with E-state index in [9.17, 15) is 36.6 Å². The van der Waals surface area contributed by atoms with Crippen molar-refractivity contribution >= 4 is 29.3 Å². The fourth-order valence-electron chi connectivity index (χ4n) is 6.83. The second kappa shape index (κ2) is 15.1. The van der Waals surface area contributed by atoms with Gasteiger partial charge in [0.25, 0.3) is 0 Å². The van der Waals surface area contributed by atoms with Crippen molar-refractivity contribution < 1.29 is 68.6 Å². The molecule has 0 aliphatic heterocycles. The van der Waals surface area contributed by atoms with Crippen molar-refractivity contribution in [2.24, 2.45) is 0 Å². The van der Waals surface area contributed by atoms with Gasteiger partial charge in [0.1, 0.15) is 0 Å². The maximum Gasteiger partial charge on any atom is 1.00 e. The number of alkyl halides is 9. The van der Waals surface area contributed by atoms with Crippen LogP contribution in [0.3, 0.4) is 0 Å². The number of halogens is 9. The van der Waals surface area contributed by atoms with Gasteiger partial charge in [-0.1, -0.05) is 0 Å². The summed E-state index contributed by atoms with van der Waals surface area (Å²) in [5.74, 6) is 0. The van der Waals surface area contributed by atoms with E-state index < -0.39 is 72.5 Å². The summed E-state index contributed by atoms with van der Waals surface area (Å²) >= 11 is -6.35. The number of rotatable bonds is 8. The summed E-state index contributed by atoms with van der Waals surface area (Å²) in [6.45, 7) is 5.59. The summed E-state index contributed by atoms with van der Waals surface area (Å²) in [4.78, 5) is 0. The van der Waals surface area contributed by atoms with Gasteiger partial charge in [-0.25, -0.2) is 0 Å². The molecule has 1 unspecified atom stereocenters. The quantitative estimate of drug-likeness (QED) is 0.159. The predicted molar refractivity (Wildman–Crippen MR) is 184 cm³/mol. The molecule has 53 heavy (non-hydrogen) atoms. The Hall–Kier alpha value is -3.19. The molecule has 0 fully saturated rings. The molecule has 0 aliphatic rings. The molecule has 0 heterocycles. The van der Waals surface area contributed by atoms with E-state index >= 15 is 13.2 Å². The Bertz CT molecular complexity index is 1950. The van der Waals surface area contributed by atoms with Crippen molar-refractivity contribution in [1.82, 2.24) is 0 Å². The molecule has 0 saturated heterocycles. The first kappa shape index (κ1) is 42.5.